The van der Waals surface area contributed by atoms with Crippen LogP contribution in [0.1, 0.15) is 24.9 Å². The Morgan fingerprint density at radius 1 is 1.56 bits per heavy atom. The Bertz CT molecular complexity index is 368. The lowest BCUT2D eigenvalue weighted by atomic mass is 10.1. The van der Waals surface area contributed by atoms with Crippen LogP contribution >= 0.6 is 11.6 Å². The van der Waals surface area contributed by atoms with Crippen molar-refractivity contribution in [1.82, 2.24) is 5.32 Å². The van der Waals surface area contributed by atoms with Crippen molar-refractivity contribution < 1.29 is 5.21 Å². The predicted octanol–water partition coefficient (Wildman–Crippen LogP) is 2.13. The number of nitrogens with two attached hydrogens (primary N) is 1. The van der Waals surface area contributed by atoms with E-state index in [0.717, 1.165) is 10.6 Å². The molecule has 0 saturated carbocycles. The normalized spacial score (nSPS) is 13.8. The molecule has 0 radical (unpaired) electrons. The van der Waals surface area contributed by atoms with Crippen molar-refractivity contribution in [3.05, 3.63) is 34.9 Å². The van der Waals surface area contributed by atoms with Gasteiger partial charge in [-0.3, -0.25) is 0 Å². The van der Waals surface area contributed by atoms with Crippen LogP contribution in [0.5, 0.6) is 0 Å². The molecule has 0 unspecified atom stereocenters. The van der Waals surface area contributed by atoms with Gasteiger partial charge >= 0.3 is 0 Å². The molecule has 5 heteroatoms. The summed E-state index contributed by atoms with van der Waals surface area (Å²) in [5.74, 6) is 0.221. The first-order chi connectivity index (χ1) is 7.65. The molecule has 4 N–H and O–H groups in total. The molecule has 0 aliphatic carbocycles. The van der Waals surface area contributed by atoms with E-state index in [9.17, 15) is 0 Å². The van der Waals surface area contributed by atoms with Gasteiger partial charge < -0.3 is 16.3 Å². The summed E-state index contributed by atoms with van der Waals surface area (Å²) in [6.45, 7) is 2.66. The largest absolute Gasteiger partial charge is 0.409 e. The van der Waals surface area contributed by atoms with E-state index >= 15 is 0 Å². The third-order valence-corrected chi connectivity index (χ3v) is 2.68. The number of amidine groups is 1. The molecule has 0 aromatic heterocycles. The third kappa shape index (κ3) is 3.72. The Morgan fingerprint density at radius 2 is 2.25 bits per heavy atom. The highest BCUT2D eigenvalue weighted by Crippen LogP contribution is 2.21. The Balaban J connectivity index is 2.47. The molecule has 0 bridgehead atoms. The molecule has 1 rings (SSSR count). The van der Waals surface area contributed by atoms with Gasteiger partial charge in [-0.15, -0.1) is 0 Å². The molecule has 0 fully saturated rings. The Kier molecular flexibility index (Phi) is 5.08. The minimum Gasteiger partial charge on any atom is -0.409 e. The summed E-state index contributed by atoms with van der Waals surface area (Å²) in [5.41, 5.74) is 6.41. The maximum atomic E-state index is 8.38. The van der Waals surface area contributed by atoms with Gasteiger partial charge in [-0.05, 0) is 18.6 Å². The van der Waals surface area contributed by atoms with E-state index in [4.69, 9.17) is 22.5 Å². The minimum absolute atomic E-state index is 0.139. The van der Waals surface area contributed by atoms with Gasteiger partial charge in [0.2, 0.25) is 0 Å². The summed E-state index contributed by atoms with van der Waals surface area (Å²) in [7, 11) is 0. The van der Waals surface area contributed by atoms with Crippen molar-refractivity contribution in [3.63, 3.8) is 0 Å². The first-order valence-electron chi connectivity index (χ1n) is 5.09. The molecular weight excluding hydrogens is 226 g/mol. The molecule has 1 aromatic carbocycles. The number of nitrogens with one attached hydrogen (secondary N) is 1. The van der Waals surface area contributed by atoms with Crippen LogP contribution in [-0.4, -0.2) is 17.6 Å². The zero-order valence-electron chi connectivity index (χ0n) is 9.15. The average molecular weight is 242 g/mol. The summed E-state index contributed by atoms with van der Waals surface area (Å²) in [6.07, 6.45) is 0.505. The standard InChI is InChI=1S/C11H16ClN3O/c1-8(14-7-6-11(13)15-16)9-4-2-3-5-10(9)12/h2-5,8,14,16H,6-7H2,1H3,(H2,13,15)/t8-/m1/s1. The van der Waals surface area contributed by atoms with Crippen LogP contribution in [0.4, 0.5) is 0 Å². The van der Waals surface area contributed by atoms with Gasteiger partial charge in [0, 0.05) is 24.0 Å². The molecule has 1 atom stereocenters. The molecule has 0 amide bonds. The molecule has 0 spiro atoms. The van der Waals surface area contributed by atoms with Crippen LogP contribution in [0.2, 0.25) is 5.02 Å². The zero-order valence-corrected chi connectivity index (χ0v) is 9.91. The van der Waals surface area contributed by atoms with Gasteiger partial charge in [0.15, 0.2) is 0 Å². The van der Waals surface area contributed by atoms with E-state index in [-0.39, 0.29) is 11.9 Å². The van der Waals surface area contributed by atoms with E-state index < -0.39 is 0 Å². The first kappa shape index (κ1) is 12.8. The SMILES string of the molecule is C[C@@H](NCC/C(N)=N/O)c1ccccc1Cl. The van der Waals surface area contributed by atoms with Crippen molar-refractivity contribution >= 4 is 17.4 Å². The van der Waals surface area contributed by atoms with Gasteiger partial charge in [-0.1, -0.05) is 35.0 Å². The topological polar surface area (TPSA) is 70.6 Å². The number of rotatable bonds is 5. The van der Waals surface area contributed by atoms with Gasteiger partial charge in [0.05, 0.1) is 0 Å². The summed E-state index contributed by atoms with van der Waals surface area (Å²) in [5, 5.41) is 15.3. The number of oxime groups is 1. The molecule has 0 heterocycles. The number of nitrogens with zero attached hydrogens (tertiary/aromatic N) is 1. The Labute approximate surface area is 100 Å². The highest BCUT2D eigenvalue weighted by Gasteiger charge is 2.07. The van der Waals surface area contributed by atoms with Gasteiger partial charge in [0.25, 0.3) is 0 Å². The fraction of sp³-hybridized carbons (Fsp3) is 0.364. The molecule has 88 valence electrons. The summed E-state index contributed by atoms with van der Waals surface area (Å²) in [6, 6.07) is 7.82. The highest BCUT2D eigenvalue weighted by atomic mass is 35.5. The molecule has 16 heavy (non-hydrogen) atoms. The molecule has 0 aliphatic rings. The van der Waals surface area contributed by atoms with Crippen molar-refractivity contribution in [3.8, 4) is 0 Å². The van der Waals surface area contributed by atoms with Gasteiger partial charge in [-0.25, -0.2) is 0 Å². The number of hydrogen-bond donors (Lipinski definition) is 3. The zero-order chi connectivity index (χ0) is 12.0. The predicted molar refractivity (Wildman–Crippen MR) is 65.9 cm³/mol. The van der Waals surface area contributed by atoms with Crippen molar-refractivity contribution in [2.75, 3.05) is 6.54 Å². The second kappa shape index (κ2) is 6.35. The van der Waals surface area contributed by atoms with Crippen LogP contribution < -0.4 is 11.1 Å². The fourth-order valence-electron chi connectivity index (χ4n) is 1.40. The first-order valence-corrected chi connectivity index (χ1v) is 5.47. The molecule has 1 aromatic rings. The fourth-order valence-corrected chi connectivity index (χ4v) is 1.70. The van der Waals surface area contributed by atoms with Gasteiger partial charge in [0.1, 0.15) is 5.84 Å². The van der Waals surface area contributed by atoms with Crippen molar-refractivity contribution in [1.29, 1.82) is 0 Å². The van der Waals surface area contributed by atoms with Crippen LogP contribution in [-0.2, 0) is 0 Å². The van der Waals surface area contributed by atoms with Gasteiger partial charge in [-0.2, -0.15) is 0 Å². The van der Waals surface area contributed by atoms with E-state index in [1.165, 1.54) is 0 Å². The van der Waals surface area contributed by atoms with E-state index in [0.29, 0.717) is 13.0 Å². The number of halogens is 1. The lowest BCUT2D eigenvalue weighted by molar-refractivity contribution is 0.316. The molecule has 0 aliphatic heterocycles. The quantitative estimate of drug-likeness (QED) is 0.320. The number of benzene rings is 1. The van der Waals surface area contributed by atoms with Crippen LogP contribution in [0.25, 0.3) is 0 Å². The van der Waals surface area contributed by atoms with Crippen LogP contribution in [0.15, 0.2) is 29.4 Å². The lowest BCUT2D eigenvalue weighted by Crippen LogP contribution is -2.24. The minimum atomic E-state index is 0.139. The average Bonchev–Trinajstić information content (AvgIpc) is 2.29. The number of hydrogen-bond acceptors (Lipinski definition) is 3. The highest BCUT2D eigenvalue weighted by molar-refractivity contribution is 6.31. The molecular formula is C11H16ClN3O. The smallest absolute Gasteiger partial charge is 0.140 e. The summed E-state index contributed by atoms with van der Waals surface area (Å²) >= 11 is 6.06. The third-order valence-electron chi connectivity index (χ3n) is 2.33. The molecule has 0 saturated heterocycles. The summed E-state index contributed by atoms with van der Waals surface area (Å²) < 4.78 is 0. The molecule has 4 nitrogen and oxygen atoms in total. The van der Waals surface area contributed by atoms with Crippen molar-refractivity contribution in [2.45, 2.75) is 19.4 Å². The monoisotopic (exact) mass is 241 g/mol. The van der Waals surface area contributed by atoms with Crippen LogP contribution in [0, 0.1) is 0 Å². The Hall–Kier alpha value is -1.26. The second-order valence-corrected chi connectivity index (χ2v) is 3.95. The summed E-state index contributed by atoms with van der Waals surface area (Å²) in [4.78, 5) is 0. The Morgan fingerprint density at radius 3 is 2.88 bits per heavy atom. The van der Waals surface area contributed by atoms with Crippen LogP contribution in [0.3, 0.4) is 0 Å². The van der Waals surface area contributed by atoms with E-state index in [1.807, 2.05) is 31.2 Å². The van der Waals surface area contributed by atoms with E-state index in [1.54, 1.807) is 0 Å². The maximum Gasteiger partial charge on any atom is 0.140 e. The second-order valence-electron chi connectivity index (χ2n) is 3.54. The maximum absolute atomic E-state index is 8.38. The van der Waals surface area contributed by atoms with Crippen molar-refractivity contribution in [2.24, 2.45) is 10.9 Å². The van der Waals surface area contributed by atoms with E-state index in [2.05, 4.69) is 10.5 Å². The lowest BCUT2D eigenvalue weighted by Gasteiger charge is -2.15.